The summed E-state index contributed by atoms with van der Waals surface area (Å²) in [6.07, 6.45) is 16.0. The Bertz CT molecular complexity index is 249. The Morgan fingerprint density at radius 2 is 1.17 bits per heavy atom. The molecule has 0 radical (unpaired) electrons. The maximum atomic E-state index is 3.66. The molecule has 0 unspecified atom stereocenters. The third-order valence-electron chi connectivity index (χ3n) is 3.43. The van der Waals surface area contributed by atoms with Crippen molar-refractivity contribution in [2.24, 2.45) is 0 Å². The lowest BCUT2D eigenvalue weighted by molar-refractivity contribution is 0.594. The highest BCUT2D eigenvalue weighted by Gasteiger charge is 1.98. The van der Waals surface area contributed by atoms with Crippen LogP contribution in [0.3, 0.4) is 0 Å². The molecule has 18 heavy (non-hydrogen) atoms. The molecular formula is C18H32. The first-order valence-electron chi connectivity index (χ1n) is 7.97. The maximum absolute atomic E-state index is 3.66. The lowest BCUT2D eigenvalue weighted by atomic mass is 10.0. The molecular weight excluding hydrogens is 216 g/mol. The fraction of sp³-hybridized carbons (Fsp3) is 0.778. The summed E-state index contributed by atoms with van der Waals surface area (Å²) < 4.78 is 0. The van der Waals surface area contributed by atoms with Gasteiger partial charge in [0.2, 0.25) is 0 Å². The van der Waals surface area contributed by atoms with Crippen LogP contribution in [-0.2, 0) is 0 Å². The summed E-state index contributed by atoms with van der Waals surface area (Å²) in [5.41, 5.74) is 7.49. The van der Waals surface area contributed by atoms with Crippen molar-refractivity contribution in [2.75, 3.05) is 0 Å². The van der Waals surface area contributed by atoms with Gasteiger partial charge in [0.1, 0.15) is 0 Å². The third-order valence-corrected chi connectivity index (χ3v) is 3.43. The van der Waals surface area contributed by atoms with E-state index in [0.29, 0.717) is 0 Å². The Kier molecular flexibility index (Phi) is 13.8. The molecule has 0 spiro atoms. The molecule has 0 rings (SSSR count). The van der Waals surface area contributed by atoms with Gasteiger partial charge in [-0.15, -0.1) is 0 Å². The van der Waals surface area contributed by atoms with E-state index in [1.54, 1.807) is 0 Å². The number of rotatable bonds is 12. The summed E-state index contributed by atoms with van der Waals surface area (Å²) in [6, 6.07) is 0. The SMILES string of the molecule is C=C=C=C(CCCCCC)CCCCCCCC. The Morgan fingerprint density at radius 1 is 0.722 bits per heavy atom. The van der Waals surface area contributed by atoms with Gasteiger partial charge in [0.25, 0.3) is 0 Å². The van der Waals surface area contributed by atoms with Crippen molar-refractivity contribution in [1.82, 2.24) is 0 Å². The van der Waals surface area contributed by atoms with Crippen molar-refractivity contribution in [3.8, 4) is 0 Å². The molecule has 0 heteroatoms. The summed E-state index contributed by atoms with van der Waals surface area (Å²) in [7, 11) is 0. The molecule has 0 aliphatic heterocycles. The van der Waals surface area contributed by atoms with Crippen LogP contribution in [0.5, 0.6) is 0 Å². The van der Waals surface area contributed by atoms with Gasteiger partial charge in [-0.3, -0.25) is 0 Å². The van der Waals surface area contributed by atoms with Crippen molar-refractivity contribution in [1.29, 1.82) is 0 Å². The molecule has 0 N–H and O–H groups in total. The lowest BCUT2D eigenvalue weighted by Crippen LogP contribution is -1.86. The van der Waals surface area contributed by atoms with Crippen molar-refractivity contribution in [2.45, 2.75) is 90.9 Å². The van der Waals surface area contributed by atoms with Crippen LogP contribution >= 0.6 is 0 Å². The lowest BCUT2D eigenvalue weighted by Gasteiger charge is -2.05. The quantitative estimate of drug-likeness (QED) is 0.270. The van der Waals surface area contributed by atoms with Crippen LogP contribution in [0, 0.1) is 0 Å². The highest BCUT2D eigenvalue weighted by molar-refractivity contribution is 5.00. The van der Waals surface area contributed by atoms with Crippen LogP contribution < -0.4 is 0 Å². The highest BCUT2D eigenvalue weighted by Crippen LogP contribution is 2.16. The molecule has 0 fully saturated rings. The fourth-order valence-corrected chi connectivity index (χ4v) is 2.26. The fourth-order valence-electron chi connectivity index (χ4n) is 2.26. The van der Waals surface area contributed by atoms with Gasteiger partial charge in [-0.25, -0.2) is 0 Å². The minimum atomic E-state index is 1.21. The van der Waals surface area contributed by atoms with E-state index in [4.69, 9.17) is 0 Å². The number of unbranched alkanes of at least 4 members (excludes halogenated alkanes) is 8. The Hall–Kier alpha value is -0.700. The third kappa shape index (κ3) is 11.8. The van der Waals surface area contributed by atoms with Gasteiger partial charge >= 0.3 is 0 Å². The second-order valence-electron chi connectivity index (χ2n) is 5.23. The minimum Gasteiger partial charge on any atom is -0.0782 e. The molecule has 0 saturated heterocycles. The van der Waals surface area contributed by atoms with Gasteiger partial charge in [0.15, 0.2) is 0 Å². The van der Waals surface area contributed by atoms with Crippen LogP contribution in [-0.4, -0.2) is 0 Å². The van der Waals surface area contributed by atoms with E-state index in [0.717, 1.165) is 0 Å². The average molecular weight is 248 g/mol. The van der Waals surface area contributed by atoms with E-state index in [9.17, 15) is 0 Å². The van der Waals surface area contributed by atoms with Gasteiger partial charge < -0.3 is 0 Å². The number of allylic oxidation sites excluding steroid dienone is 1. The van der Waals surface area contributed by atoms with Crippen molar-refractivity contribution in [3.63, 3.8) is 0 Å². The first-order chi connectivity index (χ1) is 8.85. The topological polar surface area (TPSA) is 0 Å². The Morgan fingerprint density at radius 3 is 1.67 bits per heavy atom. The minimum absolute atomic E-state index is 1.21. The molecule has 0 atom stereocenters. The molecule has 0 bridgehead atoms. The second-order valence-corrected chi connectivity index (χ2v) is 5.23. The van der Waals surface area contributed by atoms with E-state index in [1.165, 1.54) is 82.6 Å². The Balaban J connectivity index is 3.65. The zero-order chi connectivity index (χ0) is 13.5. The summed E-state index contributed by atoms with van der Waals surface area (Å²) in [5.74, 6) is 0. The molecule has 0 nitrogen and oxygen atoms in total. The summed E-state index contributed by atoms with van der Waals surface area (Å²) >= 11 is 0. The van der Waals surface area contributed by atoms with Crippen molar-refractivity contribution in [3.05, 3.63) is 23.6 Å². The number of hydrogen-bond acceptors (Lipinski definition) is 0. The maximum Gasteiger partial charge on any atom is -0.0199 e. The van der Waals surface area contributed by atoms with E-state index in [-0.39, 0.29) is 0 Å². The summed E-state index contributed by atoms with van der Waals surface area (Å²) in [6.45, 7) is 8.19. The van der Waals surface area contributed by atoms with Gasteiger partial charge in [0, 0.05) is 0 Å². The standard InChI is InChI=1S/C18H32/c1-4-7-9-11-12-14-17-18(15-6-3)16-13-10-8-5-2/h3-5,7-14,16-17H2,1-2H3. The molecule has 0 heterocycles. The molecule has 0 aliphatic rings. The van der Waals surface area contributed by atoms with E-state index < -0.39 is 0 Å². The zero-order valence-corrected chi connectivity index (χ0v) is 12.7. The molecule has 0 aromatic rings. The van der Waals surface area contributed by atoms with E-state index in [1.807, 2.05) is 0 Å². The smallest absolute Gasteiger partial charge is 0.0199 e. The first-order valence-corrected chi connectivity index (χ1v) is 7.97. The monoisotopic (exact) mass is 248 g/mol. The molecule has 0 aliphatic carbocycles. The normalized spacial score (nSPS) is 9.89. The van der Waals surface area contributed by atoms with Crippen molar-refractivity contribution < 1.29 is 0 Å². The van der Waals surface area contributed by atoms with E-state index >= 15 is 0 Å². The zero-order valence-electron chi connectivity index (χ0n) is 12.7. The molecule has 0 saturated carbocycles. The van der Waals surface area contributed by atoms with Crippen molar-refractivity contribution >= 4 is 0 Å². The van der Waals surface area contributed by atoms with Crippen LogP contribution in [0.4, 0.5) is 0 Å². The van der Waals surface area contributed by atoms with Gasteiger partial charge in [-0.05, 0) is 37.8 Å². The first kappa shape index (κ1) is 17.3. The molecule has 104 valence electrons. The number of hydrogen-bond donors (Lipinski definition) is 0. The molecule has 0 aromatic carbocycles. The highest BCUT2D eigenvalue weighted by atomic mass is 14.0. The van der Waals surface area contributed by atoms with E-state index in [2.05, 4.69) is 31.9 Å². The van der Waals surface area contributed by atoms with Crippen LogP contribution in [0.1, 0.15) is 90.9 Å². The molecule has 0 aromatic heterocycles. The largest absolute Gasteiger partial charge is 0.0782 e. The van der Waals surface area contributed by atoms with Crippen LogP contribution in [0.15, 0.2) is 23.6 Å². The van der Waals surface area contributed by atoms with Crippen LogP contribution in [0.25, 0.3) is 0 Å². The van der Waals surface area contributed by atoms with Gasteiger partial charge in [-0.2, -0.15) is 0 Å². The Labute approximate surface area is 115 Å². The predicted molar refractivity (Wildman–Crippen MR) is 82.9 cm³/mol. The van der Waals surface area contributed by atoms with Gasteiger partial charge in [-0.1, -0.05) is 76.7 Å². The summed E-state index contributed by atoms with van der Waals surface area (Å²) in [4.78, 5) is 0. The average Bonchev–Trinajstić information content (AvgIpc) is 2.38. The summed E-state index contributed by atoms with van der Waals surface area (Å²) in [5, 5.41) is 0. The second kappa shape index (κ2) is 14.4. The molecule has 0 amide bonds. The predicted octanol–water partition coefficient (Wildman–Crippen LogP) is 6.57. The van der Waals surface area contributed by atoms with Gasteiger partial charge in [0.05, 0.1) is 0 Å². The van der Waals surface area contributed by atoms with Crippen LogP contribution in [0.2, 0.25) is 0 Å².